The van der Waals surface area contributed by atoms with Crippen molar-refractivity contribution in [3.63, 3.8) is 0 Å². The molecular formula is C23H24N4OS2. The van der Waals surface area contributed by atoms with Gasteiger partial charge in [0, 0.05) is 48.1 Å². The van der Waals surface area contributed by atoms with Crippen LogP contribution in [-0.4, -0.2) is 38.8 Å². The molecule has 0 saturated carbocycles. The summed E-state index contributed by atoms with van der Waals surface area (Å²) in [4.78, 5) is 29.4. The van der Waals surface area contributed by atoms with E-state index in [1.54, 1.807) is 35.4 Å². The second-order valence-corrected chi connectivity index (χ2v) is 9.22. The summed E-state index contributed by atoms with van der Waals surface area (Å²) < 4.78 is 0. The first-order valence-corrected chi connectivity index (χ1v) is 11.9. The van der Waals surface area contributed by atoms with Crippen molar-refractivity contribution in [1.29, 1.82) is 0 Å². The molecule has 4 rings (SSSR count). The van der Waals surface area contributed by atoms with Crippen molar-refractivity contribution in [2.75, 3.05) is 13.1 Å². The Morgan fingerprint density at radius 2 is 2.23 bits per heavy atom. The van der Waals surface area contributed by atoms with Crippen molar-refractivity contribution < 1.29 is 4.79 Å². The van der Waals surface area contributed by atoms with Gasteiger partial charge < -0.3 is 4.90 Å². The number of thiophene rings is 1. The van der Waals surface area contributed by atoms with Crippen LogP contribution in [0, 0.1) is 6.92 Å². The van der Waals surface area contributed by atoms with Crippen LogP contribution in [0.5, 0.6) is 0 Å². The van der Waals surface area contributed by atoms with Gasteiger partial charge in [-0.2, -0.15) is 0 Å². The number of likely N-dealkylation sites (tertiary alicyclic amines) is 1. The largest absolute Gasteiger partial charge is 0.338 e. The molecule has 1 aliphatic heterocycles. The summed E-state index contributed by atoms with van der Waals surface area (Å²) in [6, 6.07) is 9.93. The number of piperidine rings is 1. The Bertz CT molecular complexity index is 1010. The highest BCUT2D eigenvalue weighted by molar-refractivity contribution is 7.98. The molecule has 5 nitrogen and oxygen atoms in total. The maximum absolute atomic E-state index is 12.7. The normalized spacial score (nSPS) is 16.8. The highest BCUT2D eigenvalue weighted by atomic mass is 32.2. The van der Waals surface area contributed by atoms with Crippen LogP contribution in [0.15, 0.2) is 59.3 Å². The fourth-order valence-corrected chi connectivity index (χ4v) is 4.94. The zero-order valence-corrected chi connectivity index (χ0v) is 18.5. The van der Waals surface area contributed by atoms with E-state index in [1.807, 2.05) is 52.9 Å². The third kappa shape index (κ3) is 5.34. The first kappa shape index (κ1) is 20.8. The van der Waals surface area contributed by atoms with Gasteiger partial charge in [-0.15, -0.1) is 11.3 Å². The zero-order valence-electron chi connectivity index (χ0n) is 16.9. The molecule has 0 aromatic carbocycles. The predicted octanol–water partition coefficient (Wildman–Crippen LogP) is 4.95. The number of rotatable bonds is 6. The zero-order chi connectivity index (χ0) is 20.8. The van der Waals surface area contributed by atoms with Crippen LogP contribution in [0.4, 0.5) is 0 Å². The van der Waals surface area contributed by atoms with Crippen LogP contribution >= 0.6 is 23.1 Å². The van der Waals surface area contributed by atoms with Gasteiger partial charge in [0.2, 0.25) is 5.91 Å². The smallest absolute Gasteiger partial charge is 0.246 e. The number of aryl methyl sites for hydroxylation is 1. The molecule has 0 radical (unpaired) electrons. The van der Waals surface area contributed by atoms with Crippen molar-refractivity contribution in [3.05, 3.63) is 76.0 Å². The van der Waals surface area contributed by atoms with Crippen LogP contribution in [0.2, 0.25) is 0 Å². The second kappa shape index (κ2) is 10.00. The first-order chi connectivity index (χ1) is 14.7. The molecule has 4 heterocycles. The number of thioether (sulfide) groups is 1. The Balaban J connectivity index is 1.42. The number of carbonyl (C=O) groups excluding carboxylic acids is 1. The standard InChI is InChI=1S/C23H24N4OS2/c1-17-14-25-23(30-16-19-7-2-3-11-24-19)26-22(17)18-6-4-12-27(15-18)21(28)10-9-20-8-5-13-29-20/h2-3,5,7-11,13-14,18H,4,6,12,15-16H2,1H3/b10-9+/t18-/m1/s1. The monoisotopic (exact) mass is 436 g/mol. The molecular weight excluding hydrogens is 412 g/mol. The predicted molar refractivity (Wildman–Crippen MR) is 122 cm³/mol. The van der Waals surface area contributed by atoms with E-state index in [9.17, 15) is 4.79 Å². The molecule has 1 saturated heterocycles. The lowest BCUT2D eigenvalue weighted by Gasteiger charge is -2.32. The number of hydrogen-bond donors (Lipinski definition) is 0. The van der Waals surface area contributed by atoms with Gasteiger partial charge in [-0.3, -0.25) is 9.78 Å². The first-order valence-electron chi connectivity index (χ1n) is 10.1. The van der Waals surface area contributed by atoms with Gasteiger partial charge in [0.25, 0.3) is 0 Å². The molecule has 7 heteroatoms. The number of nitrogens with zero attached hydrogens (tertiary/aromatic N) is 4. The van der Waals surface area contributed by atoms with Gasteiger partial charge in [-0.25, -0.2) is 9.97 Å². The fourth-order valence-electron chi connectivity index (χ4n) is 3.59. The van der Waals surface area contributed by atoms with Gasteiger partial charge in [0.15, 0.2) is 5.16 Å². The topological polar surface area (TPSA) is 59.0 Å². The number of carbonyl (C=O) groups is 1. The van der Waals surface area contributed by atoms with Gasteiger partial charge in [0.05, 0.1) is 11.4 Å². The van der Waals surface area contributed by atoms with E-state index in [4.69, 9.17) is 4.98 Å². The van der Waals surface area contributed by atoms with Crippen LogP contribution in [0.25, 0.3) is 6.08 Å². The van der Waals surface area contributed by atoms with Crippen LogP contribution < -0.4 is 0 Å². The Kier molecular flexibility index (Phi) is 6.92. The molecule has 0 bridgehead atoms. The maximum Gasteiger partial charge on any atom is 0.246 e. The van der Waals surface area contributed by atoms with E-state index in [-0.39, 0.29) is 11.8 Å². The molecule has 0 N–H and O–H groups in total. The summed E-state index contributed by atoms with van der Waals surface area (Å²) in [6.45, 7) is 3.56. The lowest BCUT2D eigenvalue weighted by molar-refractivity contribution is -0.127. The molecule has 30 heavy (non-hydrogen) atoms. The van der Waals surface area contributed by atoms with Crippen molar-refractivity contribution >= 4 is 35.1 Å². The third-order valence-electron chi connectivity index (χ3n) is 5.12. The van der Waals surface area contributed by atoms with E-state index in [0.29, 0.717) is 6.54 Å². The number of hydrogen-bond acceptors (Lipinski definition) is 6. The highest BCUT2D eigenvalue weighted by Gasteiger charge is 2.26. The van der Waals surface area contributed by atoms with Crippen molar-refractivity contribution in [2.24, 2.45) is 0 Å². The van der Waals surface area contributed by atoms with E-state index in [0.717, 1.165) is 52.1 Å². The van der Waals surface area contributed by atoms with Gasteiger partial charge in [0.1, 0.15) is 0 Å². The summed E-state index contributed by atoms with van der Waals surface area (Å²) in [5.41, 5.74) is 3.17. The minimum atomic E-state index is 0.0737. The minimum Gasteiger partial charge on any atom is -0.338 e. The summed E-state index contributed by atoms with van der Waals surface area (Å²) in [6.07, 6.45) is 9.33. The molecule has 1 fully saturated rings. The number of aromatic nitrogens is 3. The molecule has 1 atom stereocenters. The quantitative estimate of drug-likeness (QED) is 0.311. The fraction of sp³-hybridized carbons (Fsp3) is 0.304. The maximum atomic E-state index is 12.7. The molecule has 0 aliphatic carbocycles. The van der Waals surface area contributed by atoms with Crippen molar-refractivity contribution in [1.82, 2.24) is 19.9 Å². The SMILES string of the molecule is Cc1cnc(SCc2ccccn2)nc1[C@@H]1CCCN(C(=O)/C=C/c2cccs2)C1. The van der Waals surface area contributed by atoms with E-state index < -0.39 is 0 Å². The summed E-state index contributed by atoms with van der Waals surface area (Å²) >= 11 is 3.23. The lowest BCUT2D eigenvalue weighted by atomic mass is 9.92. The Hall–Kier alpha value is -2.51. The molecule has 3 aromatic rings. The van der Waals surface area contributed by atoms with Crippen LogP contribution in [0.3, 0.4) is 0 Å². The Morgan fingerprint density at radius 1 is 1.30 bits per heavy atom. The Labute approximate surface area is 185 Å². The average molecular weight is 437 g/mol. The lowest BCUT2D eigenvalue weighted by Crippen LogP contribution is -2.38. The summed E-state index contributed by atoms with van der Waals surface area (Å²) in [5, 5.41) is 2.78. The van der Waals surface area contributed by atoms with Crippen molar-refractivity contribution in [3.8, 4) is 0 Å². The average Bonchev–Trinajstić information content (AvgIpc) is 3.31. The van der Waals surface area contributed by atoms with Gasteiger partial charge >= 0.3 is 0 Å². The van der Waals surface area contributed by atoms with Crippen LogP contribution in [-0.2, 0) is 10.5 Å². The van der Waals surface area contributed by atoms with E-state index >= 15 is 0 Å². The molecule has 154 valence electrons. The minimum absolute atomic E-state index is 0.0737. The molecule has 0 unspecified atom stereocenters. The van der Waals surface area contributed by atoms with Crippen LogP contribution in [0.1, 0.15) is 40.6 Å². The van der Waals surface area contributed by atoms with Crippen molar-refractivity contribution in [2.45, 2.75) is 36.6 Å². The van der Waals surface area contributed by atoms with E-state index in [2.05, 4.69) is 16.9 Å². The Morgan fingerprint density at radius 3 is 3.03 bits per heavy atom. The summed E-state index contributed by atoms with van der Waals surface area (Å²) in [7, 11) is 0. The molecule has 3 aromatic heterocycles. The van der Waals surface area contributed by atoms with Gasteiger partial charge in [-0.05, 0) is 55.0 Å². The number of amides is 1. The third-order valence-corrected chi connectivity index (χ3v) is 6.85. The highest BCUT2D eigenvalue weighted by Crippen LogP contribution is 2.29. The molecule has 1 aliphatic rings. The second-order valence-electron chi connectivity index (χ2n) is 7.30. The summed E-state index contributed by atoms with van der Waals surface area (Å²) in [5.74, 6) is 1.06. The van der Waals surface area contributed by atoms with E-state index in [1.165, 1.54) is 0 Å². The van der Waals surface area contributed by atoms with Gasteiger partial charge in [-0.1, -0.05) is 23.9 Å². The molecule has 0 spiro atoms. The molecule has 1 amide bonds. The number of pyridine rings is 1.